The maximum absolute atomic E-state index is 12.2. The van der Waals surface area contributed by atoms with Crippen molar-refractivity contribution in [3.63, 3.8) is 0 Å². The monoisotopic (exact) mass is 436 g/mol. The molecule has 138 valence electrons. The summed E-state index contributed by atoms with van der Waals surface area (Å²) in [5, 5.41) is 5.07. The lowest BCUT2D eigenvalue weighted by atomic mass is 10.2. The van der Waals surface area contributed by atoms with Crippen molar-refractivity contribution < 1.29 is 9.59 Å². The van der Waals surface area contributed by atoms with E-state index in [-0.39, 0.29) is 5.91 Å². The number of carbonyl (C=O) groups excluding carboxylic acids is 2. The fourth-order valence-electron chi connectivity index (χ4n) is 2.97. The van der Waals surface area contributed by atoms with E-state index in [0.717, 1.165) is 37.2 Å². The summed E-state index contributed by atoms with van der Waals surface area (Å²) < 4.78 is 1.09. The molecule has 0 radical (unpaired) electrons. The van der Waals surface area contributed by atoms with Gasteiger partial charge in [0.05, 0.1) is 12.1 Å². The molecule has 1 saturated heterocycles. The average molecular weight is 437 g/mol. The van der Waals surface area contributed by atoms with Crippen LogP contribution in [0.5, 0.6) is 0 Å². The van der Waals surface area contributed by atoms with E-state index in [2.05, 4.69) is 43.2 Å². The average Bonchev–Trinajstić information content (AvgIpc) is 3.05. The van der Waals surface area contributed by atoms with Gasteiger partial charge in [-0.15, -0.1) is 11.3 Å². The van der Waals surface area contributed by atoms with Gasteiger partial charge in [0.25, 0.3) is 5.91 Å². The molecule has 1 aliphatic heterocycles. The third-order valence-electron chi connectivity index (χ3n) is 4.31. The summed E-state index contributed by atoms with van der Waals surface area (Å²) in [5.41, 5.74) is 6.95. The molecule has 0 unspecified atom stereocenters. The molecule has 1 aromatic carbocycles. The molecule has 2 amide bonds. The maximum atomic E-state index is 12.2. The van der Waals surface area contributed by atoms with Gasteiger partial charge in [-0.2, -0.15) is 0 Å². The van der Waals surface area contributed by atoms with Gasteiger partial charge in [0.2, 0.25) is 5.91 Å². The number of anilines is 1. The summed E-state index contributed by atoms with van der Waals surface area (Å²) in [4.78, 5) is 28.1. The van der Waals surface area contributed by atoms with Crippen molar-refractivity contribution in [3.8, 4) is 0 Å². The van der Waals surface area contributed by atoms with Crippen LogP contribution in [0.1, 0.15) is 15.9 Å². The number of nitrogens with zero attached hydrogens (tertiary/aromatic N) is 2. The molecule has 6 nitrogen and oxygen atoms in total. The Morgan fingerprint density at radius 1 is 1.15 bits per heavy atom. The maximum Gasteiger partial charge on any atom is 0.251 e. The van der Waals surface area contributed by atoms with Crippen molar-refractivity contribution in [1.29, 1.82) is 0 Å². The molecule has 0 bridgehead atoms. The van der Waals surface area contributed by atoms with Crippen LogP contribution in [-0.4, -0.2) is 54.3 Å². The summed E-state index contributed by atoms with van der Waals surface area (Å²) >= 11 is 4.81. The highest BCUT2D eigenvalue weighted by atomic mass is 79.9. The summed E-state index contributed by atoms with van der Waals surface area (Å²) in [5.74, 6) is -0.641. The normalized spacial score (nSPS) is 15.7. The van der Waals surface area contributed by atoms with Gasteiger partial charge in [-0.3, -0.25) is 19.4 Å². The van der Waals surface area contributed by atoms with Crippen LogP contribution in [0.15, 0.2) is 40.2 Å². The second kappa shape index (κ2) is 8.77. The van der Waals surface area contributed by atoms with Crippen molar-refractivity contribution >= 4 is 44.1 Å². The first-order valence-corrected chi connectivity index (χ1v) is 10.0. The number of piperazine rings is 1. The summed E-state index contributed by atoms with van der Waals surface area (Å²) in [6.45, 7) is 4.76. The Kier molecular flexibility index (Phi) is 6.42. The van der Waals surface area contributed by atoms with Crippen LogP contribution in [0.3, 0.4) is 0 Å². The predicted molar refractivity (Wildman–Crippen MR) is 107 cm³/mol. The molecule has 1 aromatic heterocycles. The molecule has 0 spiro atoms. The molecule has 0 aliphatic carbocycles. The highest BCUT2D eigenvalue weighted by molar-refractivity contribution is 9.10. The van der Waals surface area contributed by atoms with Crippen LogP contribution < -0.4 is 11.1 Å². The third-order valence-corrected chi connectivity index (χ3v) is 5.63. The van der Waals surface area contributed by atoms with Crippen LogP contribution in [-0.2, 0) is 11.3 Å². The fraction of sp³-hybridized carbons (Fsp3) is 0.333. The highest BCUT2D eigenvalue weighted by Crippen LogP contribution is 2.22. The summed E-state index contributed by atoms with van der Waals surface area (Å²) in [6.07, 6.45) is 0. The molecule has 26 heavy (non-hydrogen) atoms. The van der Waals surface area contributed by atoms with E-state index in [9.17, 15) is 9.59 Å². The standard InChI is InChI=1S/C18H21BrN4O2S/c19-14-3-1-2-13(10-14)11-22-5-7-23(8-6-22)12-16(24)21-18-15(17(20)25)4-9-26-18/h1-4,9-10H,5-8,11-12H2,(H2,20,25)(H,21,24). The Balaban J connectivity index is 1.45. The second-order valence-corrected chi connectivity index (χ2v) is 8.09. The third kappa shape index (κ3) is 5.14. The van der Waals surface area contributed by atoms with E-state index < -0.39 is 5.91 Å². The number of rotatable bonds is 6. The molecule has 1 aliphatic rings. The number of thiophene rings is 1. The SMILES string of the molecule is NC(=O)c1ccsc1NC(=O)CN1CCN(Cc2cccc(Br)c2)CC1. The molecule has 2 aromatic rings. The van der Waals surface area contributed by atoms with Gasteiger partial charge in [-0.1, -0.05) is 28.1 Å². The number of primary amides is 1. The second-order valence-electron chi connectivity index (χ2n) is 6.26. The van der Waals surface area contributed by atoms with E-state index in [1.165, 1.54) is 16.9 Å². The van der Waals surface area contributed by atoms with Crippen LogP contribution >= 0.6 is 27.3 Å². The van der Waals surface area contributed by atoms with Crippen molar-refractivity contribution in [2.24, 2.45) is 5.73 Å². The molecule has 3 rings (SSSR count). The van der Waals surface area contributed by atoms with Gasteiger partial charge < -0.3 is 11.1 Å². The molecule has 8 heteroatoms. The van der Waals surface area contributed by atoms with Gasteiger partial charge in [0.1, 0.15) is 5.00 Å². The highest BCUT2D eigenvalue weighted by Gasteiger charge is 2.20. The zero-order valence-corrected chi connectivity index (χ0v) is 16.7. The lowest BCUT2D eigenvalue weighted by molar-refractivity contribution is -0.117. The van der Waals surface area contributed by atoms with E-state index in [0.29, 0.717) is 17.1 Å². The van der Waals surface area contributed by atoms with Crippen molar-refractivity contribution in [2.75, 3.05) is 38.0 Å². The van der Waals surface area contributed by atoms with E-state index in [1.54, 1.807) is 11.4 Å². The number of amides is 2. The van der Waals surface area contributed by atoms with Gasteiger partial charge in [-0.25, -0.2) is 0 Å². The smallest absolute Gasteiger partial charge is 0.251 e. The van der Waals surface area contributed by atoms with Crippen molar-refractivity contribution in [2.45, 2.75) is 6.54 Å². The van der Waals surface area contributed by atoms with E-state index in [1.807, 2.05) is 12.1 Å². The number of hydrogen-bond acceptors (Lipinski definition) is 5. The minimum Gasteiger partial charge on any atom is -0.366 e. The predicted octanol–water partition coefficient (Wildman–Crippen LogP) is 2.37. The molecule has 0 atom stereocenters. The zero-order chi connectivity index (χ0) is 18.5. The van der Waals surface area contributed by atoms with Crippen LogP contribution in [0.2, 0.25) is 0 Å². The van der Waals surface area contributed by atoms with Crippen molar-refractivity contribution in [1.82, 2.24) is 9.80 Å². The lowest BCUT2D eigenvalue weighted by Crippen LogP contribution is -2.48. The molecular weight excluding hydrogens is 416 g/mol. The minimum absolute atomic E-state index is 0.115. The molecule has 3 N–H and O–H groups in total. The van der Waals surface area contributed by atoms with Crippen LogP contribution in [0.4, 0.5) is 5.00 Å². The number of nitrogens with two attached hydrogens (primary N) is 1. The Bertz CT molecular complexity index is 787. The molecule has 0 saturated carbocycles. The van der Waals surface area contributed by atoms with Crippen LogP contribution in [0, 0.1) is 0 Å². The Labute approximate surface area is 165 Å². The first-order chi connectivity index (χ1) is 12.5. The molecular formula is C18H21BrN4O2S. The van der Waals surface area contributed by atoms with Gasteiger partial charge in [0, 0.05) is 37.2 Å². The summed E-state index contributed by atoms with van der Waals surface area (Å²) in [7, 11) is 0. The van der Waals surface area contributed by atoms with E-state index in [4.69, 9.17) is 5.73 Å². The van der Waals surface area contributed by atoms with Crippen LogP contribution in [0.25, 0.3) is 0 Å². The molecule has 1 fully saturated rings. The minimum atomic E-state index is -0.525. The zero-order valence-electron chi connectivity index (χ0n) is 14.3. The Morgan fingerprint density at radius 3 is 2.58 bits per heavy atom. The van der Waals surface area contributed by atoms with Gasteiger partial charge in [0.15, 0.2) is 0 Å². The van der Waals surface area contributed by atoms with Gasteiger partial charge in [-0.05, 0) is 29.1 Å². The number of hydrogen-bond donors (Lipinski definition) is 2. The Hall–Kier alpha value is -1.74. The topological polar surface area (TPSA) is 78.7 Å². The first kappa shape index (κ1) is 19.0. The van der Waals surface area contributed by atoms with Gasteiger partial charge >= 0.3 is 0 Å². The lowest BCUT2D eigenvalue weighted by Gasteiger charge is -2.34. The van der Waals surface area contributed by atoms with E-state index >= 15 is 0 Å². The number of benzene rings is 1. The number of nitrogens with one attached hydrogen (secondary N) is 1. The fourth-order valence-corrected chi connectivity index (χ4v) is 4.22. The Morgan fingerprint density at radius 2 is 1.88 bits per heavy atom. The quantitative estimate of drug-likeness (QED) is 0.728. The molecule has 2 heterocycles. The first-order valence-electron chi connectivity index (χ1n) is 8.37. The summed E-state index contributed by atoms with van der Waals surface area (Å²) in [6, 6.07) is 9.96. The van der Waals surface area contributed by atoms with Crippen molar-refractivity contribution in [3.05, 3.63) is 51.3 Å². The largest absolute Gasteiger partial charge is 0.366 e. The number of carbonyl (C=O) groups is 2. The number of halogens is 1.